The first kappa shape index (κ1) is 27.1. The Bertz CT molecular complexity index is 1050. The lowest BCUT2D eigenvalue weighted by atomic mass is 9.94. The molecule has 4 aliphatic heterocycles. The molecule has 196 valence electrons. The number of hydrogen-bond acceptors (Lipinski definition) is 5. The maximum Gasteiger partial charge on any atom is 0.193 e. The van der Waals surface area contributed by atoms with E-state index in [1.54, 1.807) is 38.1 Å². The number of hydrogen-bond donors (Lipinski definition) is 2. The highest BCUT2D eigenvalue weighted by Crippen LogP contribution is 2.36. The maximum absolute atomic E-state index is 15.4. The van der Waals surface area contributed by atoms with Crippen molar-refractivity contribution in [2.45, 2.75) is 13.8 Å². The Morgan fingerprint density at radius 1 is 0.694 bits per heavy atom. The summed E-state index contributed by atoms with van der Waals surface area (Å²) in [6, 6.07) is 6.87. The van der Waals surface area contributed by atoms with Gasteiger partial charge in [0.15, 0.2) is 5.78 Å². The number of rotatable bonds is 4. The van der Waals surface area contributed by atoms with Gasteiger partial charge in [0, 0.05) is 63.5 Å². The van der Waals surface area contributed by atoms with Crippen molar-refractivity contribution in [3.63, 3.8) is 0 Å². The molecule has 0 saturated carbocycles. The Kier molecular flexibility index (Phi) is 7.87. The standard InChI is InChI=1S/C27H32F2N4O.2ClH/c1-15-21(3-5-23(25(15)28)32-11-17-7-30-8-18(17)12-32)27(34)22-4-6-24(26(29)16(22)2)33-13-19-9-31-10-20(19)14-33;;/h3-6,17-20,30-31H,7-14H2,1-2H3;2*1H. The number of ketones is 1. The van der Waals surface area contributed by atoms with Crippen LogP contribution in [0.2, 0.25) is 0 Å². The van der Waals surface area contributed by atoms with Crippen LogP contribution in [0.15, 0.2) is 24.3 Å². The van der Waals surface area contributed by atoms with Crippen LogP contribution in [0.5, 0.6) is 0 Å². The molecule has 2 aromatic carbocycles. The number of carbonyl (C=O) groups excluding carboxylic acids is 1. The largest absolute Gasteiger partial charge is 0.368 e. The number of fused-ring (bicyclic) bond motifs is 2. The summed E-state index contributed by atoms with van der Waals surface area (Å²) in [4.78, 5) is 17.6. The summed E-state index contributed by atoms with van der Waals surface area (Å²) < 4.78 is 30.9. The Balaban J connectivity index is 0.00000152. The lowest BCUT2D eigenvalue weighted by Crippen LogP contribution is -2.27. The second-order valence-corrected chi connectivity index (χ2v) is 10.6. The number of halogens is 4. The number of anilines is 2. The summed E-state index contributed by atoms with van der Waals surface area (Å²) in [5, 5.41) is 6.81. The van der Waals surface area contributed by atoms with E-state index in [4.69, 9.17) is 0 Å². The smallest absolute Gasteiger partial charge is 0.193 e. The monoisotopic (exact) mass is 538 g/mol. The second kappa shape index (κ2) is 10.4. The summed E-state index contributed by atoms with van der Waals surface area (Å²) in [5.74, 6) is 1.20. The molecular weight excluding hydrogens is 505 g/mol. The summed E-state index contributed by atoms with van der Waals surface area (Å²) >= 11 is 0. The van der Waals surface area contributed by atoms with Crippen LogP contribution in [-0.2, 0) is 0 Å². The van der Waals surface area contributed by atoms with Crippen LogP contribution in [-0.4, -0.2) is 58.1 Å². The molecule has 0 spiro atoms. The van der Waals surface area contributed by atoms with Crippen molar-refractivity contribution in [3.8, 4) is 0 Å². The molecule has 4 aliphatic rings. The van der Waals surface area contributed by atoms with E-state index in [-0.39, 0.29) is 42.2 Å². The van der Waals surface area contributed by atoms with Gasteiger partial charge in [-0.2, -0.15) is 0 Å². The lowest BCUT2D eigenvalue weighted by Gasteiger charge is -2.23. The van der Waals surface area contributed by atoms with E-state index in [9.17, 15) is 4.79 Å². The Morgan fingerprint density at radius 3 is 1.36 bits per heavy atom. The highest BCUT2D eigenvalue weighted by atomic mass is 35.5. The van der Waals surface area contributed by atoms with Gasteiger partial charge in [-0.1, -0.05) is 0 Å². The predicted molar refractivity (Wildman–Crippen MR) is 144 cm³/mol. The van der Waals surface area contributed by atoms with Gasteiger partial charge in [0.25, 0.3) is 0 Å². The van der Waals surface area contributed by atoms with Gasteiger partial charge in [-0.25, -0.2) is 8.78 Å². The average Bonchev–Trinajstić information content (AvgIpc) is 3.57. The first-order valence-electron chi connectivity index (χ1n) is 12.5. The minimum Gasteiger partial charge on any atom is -0.368 e. The molecule has 36 heavy (non-hydrogen) atoms. The molecule has 9 heteroatoms. The number of benzene rings is 2. The van der Waals surface area contributed by atoms with Crippen LogP contribution in [0.3, 0.4) is 0 Å². The van der Waals surface area contributed by atoms with Gasteiger partial charge in [-0.15, -0.1) is 24.8 Å². The van der Waals surface area contributed by atoms with E-state index in [1.807, 2.05) is 0 Å². The second-order valence-electron chi connectivity index (χ2n) is 10.6. The van der Waals surface area contributed by atoms with Crippen molar-refractivity contribution in [2.75, 3.05) is 62.2 Å². The third kappa shape index (κ3) is 4.38. The topological polar surface area (TPSA) is 47.6 Å². The quantitative estimate of drug-likeness (QED) is 0.577. The number of carbonyl (C=O) groups is 1. The Morgan fingerprint density at radius 2 is 1.03 bits per heavy atom. The summed E-state index contributed by atoms with van der Waals surface area (Å²) in [6.45, 7) is 10.6. The third-order valence-electron chi connectivity index (χ3n) is 8.68. The number of nitrogens with one attached hydrogen (secondary N) is 2. The fraction of sp³-hybridized carbons (Fsp3) is 0.519. The van der Waals surface area contributed by atoms with E-state index < -0.39 is 0 Å². The molecule has 2 N–H and O–H groups in total. The highest BCUT2D eigenvalue weighted by Gasteiger charge is 2.38. The minimum atomic E-state index is -0.342. The zero-order valence-electron chi connectivity index (χ0n) is 20.7. The van der Waals surface area contributed by atoms with Crippen LogP contribution in [0.1, 0.15) is 27.0 Å². The van der Waals surface area contributed by atoms with Crippen LogP contribution in [0, 0.1) is 49.2 Å². The molecule has 6 rings (SSSR count). The van der Waals surface area contributed by atoms with Crippen molar-refractivity contribution in [1.82, 2.24) is 10.6 Å². The van der Waals surface area contributed by atoms with E-state index >= 15 is 8.78 Å². The van der Waals surface area contributed by atoms with E-state index in [0.29, 0.717) is 57.3 Å². The molecule has 0 aliphatic carbocycles. The summed E-state index contributed by atoms with van der Waals surface area (Å²) in [5.41, 5.74) is 2.41. The van der Waals surface area contributed by atoms with Gasteiger partial charge in [-0.05, 0) is 72.9 Å². The average molecular weight is 539 g/mol. The lowest BCUT2D eigenvalue weighted by molar-refractivity contribution is 0.103. The van der Waals surface area contributed by atoms with Crippen molar-refractivity contribution in [1.29, 1.82) is 0 Å². The Labute approximate surface area is 223 Å². The number of nitrogens with zero attached hydrogens (tertiary/aromatic N) is 2. The van der Waals surface area contributed by atoms with Gasteiger partial charge in [0.2, 0.25) is 0 Å². The van der Waals surface area contributed by atoms with E-state index in [0.717, 1.165) is 52.4 Å². The fourth-order valence-corrected chi connectivity index (χ4v) is 6.57. The van der Waals surface area contributed by atoms with E-state index in [2.05, 4.69) is 20.4 Å². The third-order valence-corrected chi connectivity index (χ3v) is 8.68. The SMILES string of the molecule is Cc1c(C(=O)c2ccc(N3CC4CNCC4C3)c(F)c2C)ccc(N2CC3CNCC3C2)c1F.Cl.Cl. The first-order chi connectivity index (χ1) is 16.4. The minimum absolute atomic E-state index is 0. The van der Waals surface area contributed by atoms with Gasteiger partial charge in [0.05, 0.1) is 11.4 Å². The molecule has 0 radical (unpaired) electrons. The van der Waals surface area contributed by atoms with Gasteiger partial charge >= 0.3 is 0 Å². The molecule has 4 atom stereocenters. The summed E-state index contributed by atoms with van der Waals surface area (Å²) in [7, 11) is 0. The highest BCUT2D eigenvalue weighted by molar-refractivity contribution is 6.11. The fourth-order valence-electron chi connectivity index (χ4n) is 6.57. The normalized spacial score (nSPS) is 26.4. The molecule has 0 aromatic heterocycles. The van der Waals surface area contributed by atoms with Gasteiger partial charge < -0.3 is 20.4 Å². The molecule has 4 fully saturated rings. The molecule has 4 saturated heterocycles. The molecule has 5 nitrogen and oxygen atoms in total. The van der Waals surface area contributed by atoms with Gasteiger partial charge in [-0.3, -0.25) is 4.79 Å². The molecule has 0 bridgehead atoms. The zero-order valence-corrected chi connectivity index (χ0v) is 22.3. The molecule has 0 amide bonds. The molecular formula is C27H34Cl2F2N4O. The molecule has 4 unspecified atom stereocenters. The van der Waals surface area contributed by atoms with Crippen molar-refractivity contribution < 1.29 is 13.6 Å². The maximum atomic E-state index is 15.4. The van der Waals surface area contributed by atoms with E-state index in [1.165, 1.54) is 0 Å². The predicted octanol–water partition coefficient (Wildman–Crippen LogP) is 3.97. The van der Waals surface area contributed by atoms with Crippen LogP contribution in [0.25, 0.3) is 0 Å². The Hall–Kier alpha value is -1.93. The van der Waals surface area contributed by atoms with Crippen LogP contribution < -0.4 is 20.4 Å². The summed E-state index contributed by atoms with van der Waals surface area (Å²) in [6.07, 6.45) is 0. The van der Waals surface area contributed by atoms with Crippen molar-refractivity contribution >= 4 is 42.0 Å². The van der Waals surface area contributed by atoms with Crippen LogP contribution in [0.4, 0.5) is 20.2 Å². The molecule has 2 aromatic rings. The zero-order chi connectivity index (χ0) is 23.6. The first-order valence-corrected chi connectivity index (χ1v) is 12.5. The van der Waals surface area contributed by atoms with Crippen molar-refractivity contribution in [2.24, 2.45) is 23.7 Å². The van der Waals surface area contributed by atoms with Crippen molar-refractivity contribution in [3.05, 3.63) is 58.2 Å². The van der Waals surface area contributed by atoms with Crippen LogP contribution >= 0.6 is 24.8 Å². The van der Waals surface area contributed by atoms with Gasteiger partial charge in [0.1, 0.15) is 11.6 Å². The molecule has 4 heterocycles.